The van der Waals surface area contributed by atoms with Crippen LogP contribution < -0.4 is 19.9 Å². The van der Waals surface area contributed by atoms with Crippen molar-refractivity contribution in [2.24, 2.45) is 0 Å². The predicted octanol–water partition coefficient (Wildman–Crippen LogP) is 4.66. The van der Waals surface area contributed by atoms with Crippen molar-refractivity contribution in [2.45, 2.75) is 45.1 Å². The van der Waals surface area contributed by atoms with Gasteiger partial charge in [0, 0.05) is 42.8 Å². The van der Waals surface area contributed by atoms with Crippen LogP contribution in [0.2, 0.25) is 5.02 Å². The average Bonchev–Trinajstić information content (AvgIpc) is 3.46. The summed E-state index contributed by atoms with van der Waals surface area (Å²) < 4.78 is 17.3. The van der Waals surface area contributed by atoms with Crippen molar-refractivity contribution in [3.63, 3.8) is 0 Å². The maximum Gasteiger partial charge on any atom is 0.329 e. The molecule has 3 aliphatic rings. The van der Waals surface area contributed by atoms with Gasteiger partial charge in [0.15, 0.2) is 11.6 Å². The number of carbonyl (C=O) groups is 1. The molecule has 2 fully saturated rings. The standard InChI is InChI=1S/C27H29ClN6O4/c1-16-10-17(4-7-29-16)24-21(28)12-22-25(32-24)34(18-6-9-33(22)13-18)26(35)31-23-11-19(5-8-30-23)36-14-20-15-37-27(2,3)38-20/h4-5,7-8,10-12,18,20H,6,9,13-15H2,1-3H3,(H,30,31,35)/t18-,20?/m0/s1. The number of anilines is 3. The Bertz CT molecular complexity index is 1390. The first-order valence-corrected chi connectivity index (χ1v) is 13.0. The zero-order valence-corrected chi connectivity index (χ0v) is 22.2. The van der Waals surface area contributed by atoms with Crippen molar-refractivity contribution < 1.29 is 19.0 Å². The molecule has 38 heavy (non-hydrogen) atoms. The van der Waals surface area contributed by atoms with E-state index in [9.17, 15) is 4.79 Å². The third-order valence-corrected chi connectivity index (χ3v) is 7.18. The Hall–Kier alpha value is -3.47. The van der Waals surface area contributed by atoms with Crippen LogP contribution in [0, 0.1) is 6.92 Å². The van der Waals surface area contributed by atoms with Gasteiger partial charge in [0.1, 0.15) is 24.3 Å². The van der Waals surface area contributed by atoms with Gasteiger partial charge in [0.25, 0.3) is 0 Å². The number of aromatic nitrogens is 3. The zero-order chi connectivity index (χ0) is 26.4. The summed E-state index contributed by atoms with van der Waals surface area (Å²) in [6, 6.07) is 8.84. The van der Waals surface area contributed by atoms with Crippen molar-refractivity contribution >= 4 is 35.0 Å². The molecular formula is C27H29ClN6O4. The fraction of sp³-hybridized carbons (Fsp3) is 0.407. The molecule has 198 valence electrons. The normalized spacial score (nSPS) is 21.4. The van der Waals surface area contributed by atoms with Crippen LogP contribution >= 0.6 is 11.6 Å². The summed E-state index contributed by atoms with van der Waals surface area (Å²) in [4.78, 5) is 31.1. The van der Waals surface area contributed by atoms with Crippen molar-refractivity contribution in [1.29, 1.82) is 0 Å². The fourth-order valence-corrected chi connectivity index (χ4v) is 5.41. The molecule has 0 aliphatic carbocycles. The number of hydrogen-bond acceptors (Lipinski definition) is 8. The summed E-state index contributed by atoms with van der Waals surface area (Å²) in [7, 11) is 0. The van der Waals surface area contributed by atoms with E-state index in [1.165, 1.54) is 0 Å². The first kappa shape index (κ1) is 24.8. The minimum atomic E-state index is -0.611. The molecule has 11 heteroatoms. The van der Waals surface area contributed by atoms with Gasteiger partial charge in [0.2, 0.25) is 0 Å². The van der Waals surface area contributed by atoms with Crippen LogP contribution in [0.4, 0.5) is 22.1 Å². The number of rotatable bonds is 5. The molecule has 2 saturated heterocycles. The van der Waals surface area contributed by atoms with Crippen LogP contribution in [0.25, 0.3) is 11.3 Å². The van der Waals surface area contributed by atoms with Crippen molar-refractivity contribution in [2.75, 3.05) is 41.4 Å². The first-order chi connectivity index (χ1) is 18.3. The lowest BCUT2D eigenvalue weighted by molar-refractivity contribution is -0.141. The van der Waals surface area contributed by atoms with Gasteiger partial charge in [-0.3, -0.25) is 15.2 Å². The van der Waals surface area contributed by atoms with E-state index >= 15 is 0 Å². The smallest absolute Gasteiger partial charge is 0.329 e. The Morgan fingerprint density at radius 1 is 1.24 bits per heavy atom. The molecule has 0 spiro atoms. The molecule has 2 bridgehead atoms. The van der Waals surface area contributed by atoms with Crippen molar-refractivity contribution in [1.82, 2.24) is 15.0 Å². The SMILES string of the molecule is Cc1cc(-c2nc3c(cc2Cl)N2CC[C@@H](C2)N3C(=O)Nc2cc(OCC3COC(C)(C)O3)ccn2)ccn1. The third kappa shape index (κ3) is 4.87. The van der Waals surface area contributed by atoms with E-state index in [0.29, 0.717) is 41.3 Å². The molecule has 3 aromatic heterocycles. The number of nitrogens with one attached hydrogen (secondary N) is 1. The lowest BCUT2D eigenvalue weighted by Gasteiger charge is -2.36. The number of carbonyl (C=O) groups excluding carboxylic acids is 1. The summed E-state index contributed by atoms with van der Waals surface area (Å²) in [6.45, 7) is 8.02. The second-order valence-corrected chi connectivity index (χ2v) is 10.6. The quantitative estimate of drug-likeness (QED) is 0.502. The second-order valence-electron chi connectivity index (χ2n) is 10.2. The first-order valence-electron chi connectivity index (χ1n) is 12.6. The van der Waals surface area contributed by atoms with Crippen LogP contribution in [0.15, 0.2) is 42.7 Å². The number of amides is 2. The molecular weight excluding hydrogens is 508 g/mol. The van der Waals surface area contributed by atoms with Gasteiger partial charge >= 0.3 is 6.03 Å². The Labute approximate surface area is 225 Å². The van der Waals surface area contributed by atoms with E-state index in [1.807, 2.05) is 39.0 Å². The second kappa shape index (κ2) is 9.68. The molecule has 2 amide bonds. The fourth-order valence-electron chi connectivity index (χ4n) is 5.15. The van der Waals surface area contributed by atoms with Gasteiger partial charge in [0.05, 0.1) is 29.1 Å². The lowest BCUT2D eigenvalue weighted by Crippen LogP contribution is -2.48. The van der Waals surface area contributed by atoms with Crippen LogP contribution in [0.5, 0.6) is 5.75 Å². The molecule has 3 aliphatic heterocycles. The summed E-state index contributed by atoms with van der Waals surface area (Å²) in [5, 5.41) is 3.47. The van der Waals surface area contributed by atoms with Gasteiger partial charge in [-0.2, -0.15) is 0 Å². The molecule has 0 radical (unpaired) electrons. The molecule has 3 aromatic rings. The topological polar surface area (TPSA) is 102 Å². The van der Waals surface area contributed by atoms with E-state index in [1.54, 1.807) is 29.4 Å². The highest BCUT2D eigenvalue weighted by atomic mass is 35.5. The van der Waals surface area contributed by atoms with Crippen LogP contribution in [-0.2, 0) is 9.47 Å². The number of pyridine rings is 3. The lowest BCUT2D eigenvalue weighted by atomic mass is 10.1. The predicted molar refractivity (Wildman–Crippen MR) is 144 cm³/mol. The van der Waals surface area contributed by atoms with E-state index in [-0.39, 0.29) is 18.2 Å². The Balaban J connectivity index is 1.23. The maximum atomic E-state index is 13.7. The molecule has 0 saturated carbocycles. The largest absolute Gasteiger partial charge is 0.491 e. The molecule has 2 atom stereocenters. The number of hydrogen-bond donors (Lipinski definition) is 1. The van der Waals surface area contributed by atoms with E-state index in [0.717, 1.165) is 36.5 Å². The number of fused-ring (bicyclic) bond motifs is 4. The summed E-state index contributed by atoms with van der Waals surface area (Å²) in [6.07, 6.45) is 4.00. The Morgan fingerprint density at radius 2 is 2.08 bits per heavy atom. The minimum absolute atomic E-state index is 0.00879. The van der Waals surface area contributed by atoms with Gasteiger partial charge in [-0.25, -0.2) is 14.8 Å². The van der Waals surface area contributed by atoms with Gasteiger partial charge in [-0.05, 0) is 51.5 Å². The van der Waals surface area contributed by atoms with E-state index in [2.05, 4.69) is 20.2 Å². The number of ether oxygens (including phenoxy) is 3. The Kier molecular flexibility index (Phi) is 6.33. The molecule has 1 unspecified atom stereocenters. The number of aryl methyl sites for hydroxylation is 1. The monoisotopic (exact) mass is 536 g/mol. The molecule has 6 heterocycles. The van der Waals surface area contributed by atoms with Crippen LogP contribution in [0.3, 0.4) is 0 Å². The highest BCUT2D eigenvalue weighted by Crippen LogP contribution is 2.43. The highest BCUT2D eigenvalue weighted by Gasteiger charge is 2.41. The van der Waals surface area contributed by atoms with Gasteiger partial charge in [-0.15, -0.1) is 0 Å². The number of halogens is 1. The molecule has 0 aromatic carbocycles. The van der Waals surface area contributed by atoms with Crippen LogP contribution in [-0.4, -0.2) is 65.2 Å². The van der Waals surface area contributed by atoms with Crippen LogP contribution in [0.1, 0.15) is 26.0 Å². The van der Waals surface area contributed by atoms with Crippen molar-refractivity contribution in [3.05, 3.63) is 53.4 Å². The van der Waals surface area contributed by atoms with Gasteiger partial charge < -0.3 is 19.1 Å². The van der Waals surface area contributed by atoms with Crippen molar-refractivity contribution in [3.8, 4) is 17.0 Å². The van der Waals surface area contributed by atoms with E-state index in [4.69, 9.17) is 30.8 Å². The average molecular weight is 537 g/mol. The molecule has 1 N–H and O–H groups in total. The maximum absolute atomic E-state index is 13.7. The van der Waals surface area contributed by atoms with Gasteiger partial charge in [-0.1, -0.05) is 11.6 Å². The highest BCUT2D eigenvalue weighted by molar-refractivity contribution is 6.33. The molecule has 10 nitrogen and oxygen atoms in total. The Morgan fingerprint density at radius 3 is 2.87 bits per heavy atom. The minimum Gasteiger partial charge on any atom is -0.491 e. The number of nitrogens with zero attached hydrogens (tertiary/aromatic N) is 5. The zero-order valence-electron chi connectivity index (χ0n) is 21.5. The molecule has 6 rings (SSSR count). The number of urea groups is 1. The summed E-state index contributed by atoms with van der Waals surface area (Å²) in [5.41, 5.74) is 3.18. The summed E-state index contributed by atoms with van der Waals surface area (Å²) in [5.74, 6) is 0.936. The summed E-state index contributed by atoms with van der Waals surface area (Å²) >= 11 is 6.68. The third-order valence-electron chi connectivity index (χ3n) is 6.89. The van der Waals surface area contributed by atoms with E-state index < -0.39 is 5.79 Å².